The molecule has 120 valence electrons. The first-order valence-electron chi connectivity index (χ1n) is 7.10. The summed E-state index contributed by atoms with van der Waals surface area (Å²) in [5, 5.41) is 3.44. The first kappa shape index (κ1) is 17.1. The average Bonchev–Trinajstić information content (AvgIpc) is 2.79. The Morgan fingerprint density at radius 2 is 2.05 bits per heavy atom. The zero-order chi connectivity index (χ0) is 16.3. The Bertz CT molecular complexity index is 560. The molecule has 22 heavy (non-hydrogen) atoms. The zero-order valence-corrected chi connectivity index (χ0v) is 13.9. The minimum atomic E-state index is -0.382. The topological polar surface area (TPSA) is 58.6 Å². The zero-order valence-electron chi connectivity index (χ0n) is 12.4. The third-order valence-electron chi connectivity index (χ3n) is 3.57. The SMILES string of the molecule is CCN(CC(=O)Nc1c(Cl)cccc1Cl)[C@H]1C[C@@H](C)OC1=O. The summed E-state index contributed by atoms with van der Waals surface area (Å²) in [5.74, 6) is -0.554. The molecule has 1 aliphatic heterocycles. The molecule has 0 aliphatic carbocycles. The van der Waals surface area contributed by atoms with Crippen LogP contribution in [0.5, 0.6) is 0 Å². The number of benzene rings is 1. The Hall–Kier alpha value is -1.30. The molecule has 2 rings (SSSR count). The maximum Gasteiger partial charge on any atom is 0.323 e. The van der Waals surface area contributed by atoms with Crippen molar-refractivity contribution in [2.75, 3.05) is 18.4 Å². The molecule has 0 bridgehead atoms. The van der Waals surface area contributed by atoms with Gasteiger partial charge in [-0.05, 0) is 25.6 Å². The van der Waals surface area contributed by atoms with Gasteiger partial charge >= 0.3 is 5.97 Å². The van der Waals surface area contributed by atoms with Gasteiger partial charge in [-0.25, -0.2) is 0 Å². The van der Waals surface area contributed by atoms with Gasteiger partial charge in [0.2, 0.25) is 5.91 Å². The lowest BCUT2D eigenvalue weighted by Gasteiger charge is -2.24. The number of carbonyl (C=O) groups is 2. The van der Waals surface area contributed by atoms with Gasteiger partial charge in [-0.2, -0.15) is 0 Å². The second-order valence-electron chi connectivity index (χ2n) is 5.21. The summed E-state index contributed by atoms with van der Waals surface area (Å²) in [6.45, 7) is 4.38. The molecular weight excluding hydrogens is 327 g/mol. The lowest BCUT2D eigenvalue weighted by Crippen LogP contribution is -2.43. The number of carbonyl (C=O) groups excluding carboxylic acids is 2. The number of likely N-dealkylation sites (N-methyl/N-ethyl adjacent to an activating group) is 1. The van der Waals surface area contributed by atoms with E-state index >= 15 is 0 Å². The molecule has 1 aliphatic rings. The van der Waals surface area contributed by atoms with Gasteiger partial charge in [0.05, 0.1) is 22.3 Å². The molecule has 0 aromatic heterocycles. The van der Waals surface area contributed by atoms with Crippen LogP contribution in [0.4, 0.5) is 5.69 Å². The number of nitrogens with one attached hydrogen (secondary N) is 1. The van der Waals surface area contributed by atoms with Crippen molar-refractivity contribution in [1.82, 2.24) is 4.90 Å². The average molecular weight is 345 g/mol. The van der Waals surface area contributed by atoms with Crippen molar-refractivity contribution in [3.63, 3.8) is 0 Å². The van der Waals surface area contributed by atoms with Crippen LogP contribution in [0.15, 0.2) is 18.2 Å². The van der Waals surface area contributed by atoms with Crippen LogP contribution in [-0.4, -0.2) is 42.0 Å². The van der Waals surface area contributed by atoms with Gasteiger partial charge in [0.1, 0.15) is 12.1 Å². The predicted molar refractivity (Wildman–Crippen MR) is 86.3 cm³/mol. The largest absolute Gasteiger partial charge is 0.461 e. The molecule has 1 aromatic carbocycles. The van der Waals surface area contributed by atoms with Crippen LogP contribution in [-0.2, 0) is 14.3 Å². The third-order valence-corrected chi connectivity index (χ3v) is 4.20. The normalized spacial score (nSPS) is 21.0. The van der Waals surface area contributed by atoms with Crippen molar-refractivity contribution < 1.29 is 14.3 Å². The molecule has 0 saturated carbocycles. The monoisotopic (exact) mass is 344 g/mol. The number of amides is 1. The first-order chi connectivity index (χ1) is 10.4. The smallest absolute Gasteiger partial charge is 0.323 e. The van der Waals surface area contributed by atoms with E-state index in [1.54, 1.807) is 23.1 Å². The Kier molecular flexibility index (Phi) is 5.67. The van der Waals surface area contributed by atoms with Gasteiger partial charge in [-0.3, -0.25) is 14.5 Å². The van der Waals surface area contributed by atoms with E-state index in [1.807, 2.05) is 13.8 Å². The minimum Gasteiger partial charge on any atom is -0.461 e. The Morgan fingerprint density at radius 3 is 2.55 bits per heavy atom. The molecule has 0 unspecified atom stereocenters. The molecule has 1 heterocycles. The number of hydrogen-bond acceptors (Lipinski definition) is 4. The van der Waals surface area contributed by atoms with E-state index in [4.69, 9.17) is 27.9 Å². The number of nitrogens with zero attached hydrogens (tertiary/aromatic N) is 1. The molecule has 1 N–H and O–H groups in total. The molecule has 5 nitrogen and oxygen atoms in total. The van der Waals surface area contributed by atoms with Crippen LogP contribution in [0.3, 0.4) is 0 Å². The van der Waals surface area contributed by atoms with Crippen molar-refractivity contribution in [2.45, 2.75) is 32.4 Å². The number of ether oxygens (including phenoxy) is 1. The highest BCUT2D eigenvalue weighted by atomic mass is 35.5. The van der Waals surface area contributed by atoms with Crippen molar-refractivity contribution >= 4 is 40.8 Å². The highest BCUT2D eigenvalue weighted by molar-refractivity contribution is 6.39. The standard InChI is InChI=1S/C15H18Cl2N2O3/c1-3-19(12-7-9(2)22-15(12)21)8-13(20)18-14-10(16)5-4-6-11(14)17/h4-6,9,12H,3,7-8H2,1-2H3,(H,18,20)/t9-,12+/m1/s1. The predicted octanol–water partition coefficient (Wildman–Crippen LogP) is 2.96. The second kappa shape index (κ2) is 7.31. The lowest BCUT2D eigenvalue weighted by molar-refractivity contribution is -0.144. The third kappa shape index (κ3) is 3.91. The van der Waals surface area contributed by atoms with Crippen LogP contribution in [0, 0.1) is 0 Å². The fourth-order valence-electron chi connectivity index (χ4n) is 2.46. The number of anilines is 1. The van der Waals surface area contributed by atoms with Gasteiger partial charge < -0.3 is 10.1 Å². The quantitative estimate of drug-likeness (QED) is 0.834. The molecule has 1 saturated heterocycles. The number of rotatable bonds is 5. The molecule has 7 heteroatoms. The van der Waals surface area contributed by atoms with E-state index in [1.165, 1.54) is 0 Å². The van der Waals surface area contributed by atoms with Crippen molar-refractivity contribution in [1.29, 1.82) is 0 Å². The summed E-state index contributed by atoms with van der Waals surface area (Å²) in [6, 6.07) is 4.62. The fourth-order valence-corrected chi connectivity index (χ4v) is 2.95. The maximum atomic E-state index is 12.2. The Labute approximate surface area is 139 Å². The molecular formula is C15H18Cl2N2O3. The van der Waals surface area contributed by atoms with E-state index in [9.17, 15) is 9.59 Å². The number of hydrogen-bond donors (Lipinski definition) is 1. The highest BCUT2D eigenvalue weighted by Gasteiger charge is 2.36. The van der Waals surface area contributed by atoms with Crippen LogP contribution in [0.2, 0.25) is 10.0 Å². The van der Waals surface area contributed by atoms with Crippen molar-refractivity contribution in [3.8, 4) is 0 Å². The number of halogens is 2. The van der Waals surface area contributed by atoms with Gasteiger partial charge in [0, 0.05) is 6.42 Å². The van der Waals surface area contributed by atoms with E-state index in [0.717, 1.165) is 0 Å². The summed E-state index contributed by atoms with van der Waals surface area (Å²) < 4.78 is 5.14. The van der Waals surface area contributed by atoms with Gasteiger partial charge in [-0.1, -0.05) is 36.2 Å². The summed E-state index contributed by atoms with van der Waals surface area (Å²) in [4.78, 5) is 25.8. The lowest BCUT2D eigenvalue weighted by atomic mass is 10.1. The van der Waals surface area contributed by atoms with Crippen molar-refractivity contribution in [2.24, 2.45) is 0 Å². The van der Waals surface area contributed by atoms with E-state index < -0.39 is 0 Å². The summed E-state index contributed by atoms with van der Waals surface area (Å²) in [5.41, 5.74) is 0.384. The minimum absolute atomic E-state index is 0.0739. The second-order valence-corrected chi connectivity index (χ2v) is 6.02. The molecule has 1 aromatic rings. The van der Waals surface area contributed by atoms with E-state index in [0.29, 0.717) is 28.7 Å². The molecule has 2 atom stereocenters. The summed E-state index contributed by atoms with van der Waals surface area (Å²) in [6.07, 6.45) is 0.472. The molecule has 0 spiro atoms. The highest BCUT2D eigenvalue weighted by Crippen LogP contribution is 2.29. The van der Waals surface area contributed by atoms with Crippen molar-refractivity contribution in [3.05, 3.63) is 28.2 Å². The number of cyclic esters (lactones) is 1. The maximum absolute atomic E-state index is 12.2. The number of para-hydroxylation sites is 1. The summed E-state index contributed by atoms with van der Waals surface area (Å²) in [7, 11) is 0. The Balaban J connectivity index is 2.02. The summed E-state index contributed by atoms with van der Waals surface area (Å²) >= 11 is 12.1. The van der Waals surface area contributed by atoms with E-state index in [-0.39, 0.29) is 30.6 Å². The van der Waals surface area contributed by atoms with Crippen LogP contribution in [0.1, 0.15) is 20.3 Å². The van der Waals surface area contributed by atoms with Gasteiger partial charge in [0.15, 0.2) is 0 Å². The first-order valence-corrected chi connectivity index (χ1v) is 7.86. The molecule has 0 radical (unpaired) electrons. The molecule has 1 fully saturated rings. The van der Waals surface area contributed by atoms with Gasteiger partial charge in [-0.15, -0.1) is 0 Å². The van der Waals surface area contributed by atoms with Crippen LogP contribution >= 0.6 is 23.2 Å². The van der Waals surface area contributed by atoms with E-state index in [2.05, 4.69) is 5.32 Å². The Morgan fingerprint density at radius 1 is 1.41 bits per heavy atom. The number of esters is 1. The fraction of sp³-hybridized carbons (Fsp3) is 0.467. The van der Waals surface area contributed by atoms with Gasteiger partial charge in [0.25, 0.3) is 0 Å². The van der Waals surface area contributed by atoms with Crippen LogP contribution in [0.25, 0.3) is 0 Å². The molecule has 1 amide bonds. The van der Waals surface area contributed by atoms with Crippen LogP contribution < -0.4 is 5.32 Å².